The lowest BCUT2D eigenvalue weighted by molar-refractivity contribution is 0.323. The molecule has 1 unspecified atom stereocenters. The molecule has 0 nitrogen and oxygen atoms in total. The number of halogens is 1. The molecule has 0 aromatic heterocycles. The van der Waals surface area contributed by atoms with E-state index in [4.69, 9.17) is 0 Å². The second kappa shape index (κ2) is 8.37. The molecule has 30 heavy (non-hydrogen) atoms. The summed E-state index contributed by atoms with van der Waals surface area (Å²) in [5.41, 5.74) is 6.75. The van der Waals surface area contributed by atoms with Gasteiger partial charge in [0.25, 0.3) is 0 Å². The molecule has 0 bridgehead atoms. The summed E-state index contributed by atoms with van der Waals surface area (Å²) in [6.45, 7) is 21.9. The second-order valence-electron chi connectivity index (χ2n) is 12.7. The number of hydrogen-bond donors (Lipinski definition) is 0. The van der Waals surface area contributed by atoms with Crippen LogP contribution >= 0.6 is 15.9 Å². The molecule has 0 saturated heterocycles. The number of rotatable bonds is 6. The third-order valence-electron chi connectivity index (χ3n) is 6.46. The number of fused-ring (bicyclic) bond motifs is 1. The van der Waals surface area contributed by atoms with Crippen molar-refractivity contribution in [1.29, 1.82) is 0 Å². The first kappa shape index (κ1) is 24.0. The SMILES string of the molecule is CC(C)(C)CC1Cc2cc(CCc3cc([Si](C)(C)C)c(Br)cc3[Si](C)(C)C)ccc21. The Morgan fingerprint density at radius 1 is 0.867 bits per heavy atom. The van der Waals surface area contributed by atoms with Crippen molar-refractivity contribution in [3.63, 3.8) is 0 Å². The van der Waals surface area contributed by atoms with Gasteiger partial charge in [-0.05, 0) is 70.5 Å². The molecule has 0 saturated carbocycles. The van der Waals surface area contributed by atoms with Crippen LogP contribution in [-0.2, 0) is 19.3 Å². The third kappa shape index (κ3) is 5.58. The van der Waals surface area contributed by atoms with E-state index >= 15 is 0 Å². The Kier molecular flexibility index (Phi) is 6.70. The van der Waals surface area contributed by atoms with Crippen LogP contribution < -0.4 is 10.4 Å². The van der Waals surface area contributed by atoms with E-state index < -0.39 is 16.1 Å². The lowest BCUT2D eigenvalue weighted by Crippen LogP contribution is -2.45. The zero-order valence-electron chi connectivity index (χ0n) is 20.7. The van der Waals surface area contributed by atoms with E-state index in [0.717, 1.165) is 18.8 Å². The zero-order chi connectivity index (χ0) is 22.5. The Labute approximate surface area is 196 Å². The summed E-state index contributed by atoms with van der Waals surface area (Å²) in [4.78, 5) is 0. The van der Waals surface area contributed by atoms with Gasteiger partial charge in [0, 0.05) is 4.47 Å². The maximum atomic E-state index is 3.91. The molecule has 2 aromatic rings. The summed E-state index contributed by atoms with van der Waals surface area (Å²) < 4.78 is 1.34. The maximum Gasteiger partial charge on any atom is 0.0790 e. The summed E-state index contributed by atoms with van der Waals surface area (Å²) in [5, 5.41) is 3.20. The summed E-state index contributed by atoms with van der Waals surface area (Å²) >= 11 is 3.91. The molecule has 0 fully saturated rings. The molecule has 0 heterocycles. The van der Waals surface area contributed by atoms with Crippen LogP contribution in [0.15, 0.2) is 34.8 Å². The summed E-state index contributed by atoms with van der Waals surface area (Å²) in [5.74, 6) is 0.776. The molecule has 164 valence electrons. The molecule has 1 aliphatic carbocycles. The predicted molar refractivity (Wildman–Crippen MR) is 144 cm³/mol. The van der Waals surface area contributed by atoms with Crippen LogP contribution in [0.4, 0.5) is 0 Å². The first-order chi connectivity index (χ1) is 13.6. The van der Waals surface area contributed by atoms with E-state index in [1.165, 1.54) is 22.9 Å². The van der Waals surface area contributed by atoms with E-state index in [2.05, 4.69) is 106 Å². The average molecular weight is 502 g/mol. The molecule has 3 heteroatoms. The minimum Gasteiger partial charge on any atom is -0.0656 e. The Balaban J connectivity index is 1.81. The number of aryl methyl sites for hydroxylation is 2. The van der Waals surface area contributed by atoms with E-state index in [9.17, 15) is 0 Å². The van der Waals surface area contributed by atoms with Crippen LogP contribution in [0.3, 0.4) is 0 Å². The highest BCUT2D eigenvalue weighted by molar-refractivity contribution is 9.10. The van der Waals surface area contributed by atoms with Gasteiger partial charge >= 0.3 is 0 Å². The van der Waals surface area contributed by atoms with Gasteiger partial charge in [0.1, 0.15) is 0 Å². The average Bonchev–Trinajstić information content (AvgIpc) is 2.55. The maximum absolute atomic E-state index is 3.91. The Morgan fingerprint density at radius 3 is 2.03 bits per heavy atom. The van der Waals surface area contributed by atoms with Crippen molar-refractivity contribution < 1.29 is 0 Å². The van der Waals surface area contributed by atoms with Gasteiger partial charge in [0.2, 0.25) is 0 Å². The van der Waals surface area contributed by atoms with Gasteiger partial charge in [0.15, 0.2) is 0 Å². The monoisotopic (exact) mass is 500 g/mol. The van der Waals surface area contributed by atoms with E-state index in [1.807, 2.05) is 0 Å². The highest BCUT2D eigenvalue weighted by atomic mass is 79.9. The Hall–Kier alpha value is -0.646. The van der Waals surface area contributed by atoms with E-state index in [-0.39, 0.29) is 0 Å². The summed E-state index contributed by atoms with van der Waals surface area (Å²) in [7, 11) is -2.75. The first-order valence-corrected chi connectivity index (χ1v) is 19.4. The van der Waals surface area contributed by atoms with Crippen LogP contribution in [-0.4, -0.2) is 16.1 Å². The largest absolute Gasteiger partial charge is 0.0790 e. The summed E-state index contributed by atoms with van der Waals surface area (Å²) in [6, 6.07) is 12.4. The third-order valence-corrected chi connectivity index (χ3v) is 11.6. The molecule has 2 aromatic carbocycles. The van der Waals surface area contributed by atoms with Gasteiger partial charge in [-0.15, -0.1) is 0 Å². The van der Waals surface area contributed by atoms with Crippen LogP contribution in [0.1, 0.15) is 55.4 Å². The minimum atomic E-state index is -1.38. The molecular weight excluding hydrogens is 460 g/mol. The van der Waals surface area contributed by atoms with Gasteiger partial charge in [-0.3, -0.25) is 0 Å². The van der Waals surface area contributed by atoms with Crippen molar-refractivity contribution in [3.8, 4) is 0 Å². The van der Waals surface area contributed by atoms with Gasteiger partial charge in [-0.1, -0.05) is 105 Å². The highest BCUT2D eigenvalue weighted by Crippen LogP contribution is 2.42. The predicted octanol–water partition coefficient (Wildman–Crippen LogP) is 7.40. The second-order valence-corrected chi connectivity index (χ2v) is 23.6. The van der Waals surface area contributed by atoms with E-state index in [1.54, 1.807) is 27.1 Å². The molecule has 0 spiro atoms. The lowest BCUT2D eigenvalue weighted by atomic mass is 9.69. The molecule has 0 amide bonds. The quantitative estimate of drug-likeness (QED) is 0.362. The van der Waals surface area contributed by atoms with Gasteiger partial charge < -0.3 is 0 Å². The topological polar surface area (TPSA) is 0 Å². The minimum absolute atomic E-state index is 0.421. The Bertz CT molecular complexity index is 924. The number of benzene rings is 2. The highest BCUT2D eigenvalue weighted by Gasteiger charge is 2.30. The van der Waals surface area contributed by atoms with Crippen molar-refractivity contribution >= 4 is 42.5 Å². The molecule has 1 atom stereocenters. The van der Waals surface area contributed by atoms with Gasteiger partial charge in [-0.2, -0.15) is 0 Å². The fraction of sp³-hybridized carbons (Fsp3) is 0.556. The van der Waals surface area contributed by atoms with Crippen LogP contribution in [0.5, 0.6) is 0 Å². The van der Waals surface area contributed by atoms with Gasteiger partial charge in [-0.25, -0.2) is 0 Å². The molecule has 1 aliphatic rings. The first-order valence-electron chi connectivity index (χ1n) is 11.6. The van der Waals surface area contributed by atoms with Crippen molar-refractivity contribution in [1.82, 2.24) is 0 Å². The van der Waals surface area contributed by atoms with Crippen molar-refractivity contribution in [2.75, 3.05) is 0 Å². The van der Waals surface area contributed by atoms with Crippen molar-refractivity contribution in [2.45, 2.75) is 91.7 Å². The lowest BCUT2D eigenvalue weighted by Gasteiger charge is -2.35. The standard InChI is InChI=1S/C27H41BrSi2/c1-27(2,3)18-22-15-21-14-19(11-13-23(21)22)10-12-20-16-26(30(7,8)9)24(28)17-25(20)29(4,5)6/h11,13-14,16-17,22H,10,12,15,18H2,1-9H3. The van der Waals surface area contributed by atoms with Crippen LogP contribution in [0, 0.1) is 5.41 Å². The molecule has 0 radical (unpaired) electrons. The van der Waals surface area contributed by atoms with Crippen molar-refractivity contribution in [2.24, 2.45) is 5.41 Å². The zero-order valence-corrected chi connectivity index (χ0v) is 24.3. The smallest absolute Gasteiger partial charge is 0.0656 e. The molecule has 3 rings (SSSR count). The van der Waals surface area contributed by atoms with Gasteiger partial charge in [0.05, 0.1) is 16.1 Å². The number of hydrogen-bond acceptors (Lipinski definition) is 0. The van der Waals surface area contributed by atoms with Crippen LogP contribution in [0.25, 0.3) is 0 Å². The molecular formula is C27H41BrSi2. The van der Waals surface area contributed by atoms with Crippen LogP contribution in [0.2, 0.25) is 39.3 Å². The Morgan fingerprint density at radius 2 is 1.50 bits per heavy atom. The molecule has 0 N–H and O–H groups in total. The molecule has 0 aliphatic heterocycles. The fourth-order valence-corrected chi connectivity index (χ4v) is 10.4. The van der Waals surface area contributed by atoms with Crippen molar-refractivity contribution in [3.05, 3.63) is 57.1 Å². The summed E-state index contributed by atoms with van der Waals surface area (Å²) in [6.07, 6.45) is 4.89. The fourth-order valence-electron chi connectivity index (χ4n) is 4.93. The normalized spacial score (nSPS) is 16.9. The van der Waals surface area contributed by atoms with E-state index in [0.29, 0.717) is 5.41 Å².